The summed E-state index contributed by atoms with van der Waals surface area (Å²) in [5.41, 5.74) is 27.9. The minimum Gasteiger partial charge on any atom is -0.396 e. The van der Waals surface area contributed by atoms with Crippen LogP contribution in [0.3, 0.4) is 0 Å². The highest BCUT2D eigenvalue weighted by atomic mass is 16.7. The van der Waals surface area contributed by atoms with E-state index in [9.17, 15) is 25.5 Å². The van der Waals surface area contributed by atoms with Crippen LogP contribution in [0, 0.1) is 0 Å². The van der Waals surface area contributed by atoms with Gasteiger partial charge < -0.3 is 73.1 Å². The normalized spacial score (nSPS) is 51.5. The average molecular weight is 483 g/mol. The lowest BCUT2D eigenvalue weighted by atomic mass is 9.84. The van der Waals surface area contributed by atoms with Gasteiger partial charge in [0.15, 0.2) is 18.7 Å². The van der Waals surface area contributed by atoms with Crippen molar-refractivity contribution < 1.29 is 50.2 Å². The van der Waals surface area contributed by atoms with E-state index < -0.39 is 85.6 Å². The Morgan fingerprint density at radius 1 is 0.788 bits per heavy atom. The van der Waals surface area contributed by atoms with E-state index >= 15 is 0 Å². The number of quaternary nitrogens is 1. The van der Waals surface area contributed by atoms with Gasteiger partial charge in [0.1, 0.15) is 30.5 Å². The molecular formula is C19H40N5O9+. The van der Waals surface area contributed by atoms with E-state index in [4.69, 9.17) is 41.9 Å². The molecule has 1 aliphatic carbocycles. The Labute approximate surface area is 191 Å². The van der Waals surface area contributed by atoms with Crippen LogP contribution in [0.25, 0.3) is 0 Å². The monoisotopic (exact) mass is 482 g/mol. The van der Waals surface area contributed by atoms with Gasteiger partial charge in [0, 0.05) is 25.2 Å². The van der Waals surface area contributed by atoms with Crippen LogP contribution in [0.2, 0.25) is 0 Å². The Bertz CT molecular complexity index is 624. The maximum atomic E-state index is 11.0. The lowest BCUT2D eigenvalue weighted by Crippen LogP contribution is -2.78. The van der Waals surface area contributed by atoms with Crippen molar-refractivity contribution in [3.63, 3.8) is 0 Å². The molecule has 14 nitrogen and oxygen atoms in total. The molecule has 16 N–H and O–H groups in total. The number of aliphatic hydroxyl groups is 5. The third-order valence-corrected chi connectivity index (χ3v) is 6.74. The van der Waals surface area contributed by atoms with Crippen LogP contribution in [-0.4, -0.2) is 124 Å². The molecule has 2 saturated heterocycles. The van der Waals surface area contributed by atoms with Crippen LogP contribution in [0.5, 0.6) is 0 Å². The summed E-state index contributed by atoms with van der Waals surface area (Å²) in [6.45, 7) is -0.179. The highest BCUT2D eigenvalue weighted by Gasteiger charge is 2.51. The molecule has 194 valence electrons. The summed E-state index contributed by atoms with van der Waals surface area (Å²) in [6.07, 6.45) is -9.75. The van der Waals surface area contributed by atoms with Crippen molar-refractivity contribution in [2.45, 2.75) is 105 Å². The summed E-state index contributed by atoms with van der Waals surface area (Å²) < 4.78 is 23.1. The topological polar surface area (TPSA) is 270 Å². The molecule has 3 aliphatic rings. The van der Waals surface area contributed by atoms with Crippen molar-refractivity contribution >= 4 is 0 Å². The molecule has 0 radical (unpaired) electrons. The predicted octanol–water partition coefficient (Wildman–Crippen LogP) is -6.62. The fraction of sp³-hybridized carbons (Fsp3) is 1.00. The molecule has 0 aromatic heterocycles. The molecule has 0 bridgehead atoms. The molecule has 0 aromatic carbocycles. The van der Waals surface area contributed by atoms with Gasteiger partial charge in [0.25, 0.3) is 0 Å². The fourth-order valence-electron chi connectivity index (χ4n) is 4.69. The molecule has 3 fully saturated rings. The van der Waals surface area contributed by atoms with Crippen LogP contribution in [0.4, 0.5) is 0 Å². The minimum atomic E-state index is -1.33. The standard InChI is InChI=1S/C19H39N5O9/c20-5-11-9(26)4-8(23)18(31-11)32-16-6(21)3-7(22)17(15(16)29)33-19-14(28)12(24)13(27)10(30-19)1-2-25/h6-19,25-29H,1-5,20-24H2/p+1. The zero-order valence-electron chi connectivity index (χ0n) is 18.5. The third-order valence-electron chi connectivity index (χ3n) is 6.74. The molecule has 3 rings (SSSR count). The van der Waals surface area contributed by atoms with Crippen LogP contribution >= 0.6 is 0 Å². The number of hydrogen-bond donors (Lipinski definition) is 10. The summed E-state index contributed by atoms with van der Waals surface area (Å²) in [5.74, 6) is 0. The van der Waals surface area contributed by atoms with Gasteiger partial charge in [-0.3, -0.25) is 0 Å². The summed E-state index contributed by atoms with van der Waals surface area (Å²) >= 11 is 0. The van der Waals surface area contributed by atoms with Crippen molar-refractivity contribution in [1.29, 1.82) is 0 Å². The van der Waals surface area contributed by atoms with Crippen molar-refractivity contribution in [2.24, 2.45) is 22.9 Å². The molecule has 33 heavy (non-hydrogen) atoms. The highest BCUT2D eigenvalue weighted by molar-refractivity contribution is 5.00. The largest absolute Gasteiger partial charge is 0.396 e. The number of hydrogen-bond acceptors (Lipinski definition) is 13. The van der Waals surface area contributed by atoms with Crippen LogP contribution in [-0.2, 0) is 18.9 Å². The van der Waals surface area contributed by atoms with Crippen molar-refractivity contribution in [3.8, 4) is 0 Å². The molecule has 0 spiro atoms. The highest BCUT2D eigenvalue weighted by Crippen LogP contribution is 2.31. The molecular weight excluding hydrogens is 442 g/mol. The van der Waals surface area contributed by atoms with E-state index in [1.165, 1.54) is 0 Å². The zero-order chi connectivity index (χ0) is 24.4. The van der Waals surface area contributed by atoms with E-state index in [-0.39, 0.29) is 32.4 Å². The number of nitrogens with two attached hydrogens (primary N) is 4. The molecule has 14 heteroatoms. The molecule has 2 heterocycles. The Hall–Kier alpha value is -0.560. The van der Waals surface area contributed by atoms with E-state index in [1.54, 1.807) is 0 Å². The molecule has 14 atom stereocenters. The lowest BCUT2D eigenvalue weighted by Gasteiger charge is -2.47. The van der Waals surface area contributed by atoms with Crippen molar-refractivity contribution in [1.82, 2.24) is 0 Å². The summed E-state index contributed by atoms with van der Waals surface area (Å²) in [6, 6.07) is -2.90. The maximum Gasteiger partial charge on any atom is 0.190 e. The first-order valence-electron chi connectivity index (χ1n) is 11.3. The average Bonchev–Trinajstić information content (AvgIpc) is 2.76. The fourth-order valence-corrected chi connectivity index (χ4v) is 4.69. The Morgan fingerprint density at radius 2 is 1.36 bits per heavy atom. The summed E-state index contributed by atoms with van der Waals surface area (Å²) in [5, 5.41) is 51.0. The Balaban J connectivity index is 1.70. The summed E-state index contributed by atoms with van der Waals surface area (Å²) in [4.78, 5) is 0. The van der Waals surface area contributed by atoms with Gasteiger partial charge in [-0.05, 0) is 19.3 Å². The van der Waals surface area contributed by atoms with E-state index in [0.29, 0.717) is 0 Å². The van der Waals surface area contributed by atoms with E-state index in [0.717, 1.165) is 0 Å². The zero-order valence-corrected chi connectivity index (χ0v) is 18.5. The maximum absolute atomic E-state index is 11.0. The number of rotatable bonds is 7. The SMILES string of the molecule is NCC1OC(OC2C(N)CC(N)C(OC3OC(CCO)C(O)C([NH3+])C3O)C2O)C(N)CC1O. The number of ether oxygens (including phenoxy) is 4. The van der Waals surface area contributed by atoms with Gasteiger partial charge in [0.2, 0.25) is 0 Å². The number of aliphatic hydroxyl groups excluding tert-OH is 5. The third kappa shape index (κ3) is 5.82. The molecule has 2 aliphatic heterocycles. The Morgan fingerprint density at radius 3 is 1.94 bits per heavy atom. The van der Waals surface area contributed by atoms with Gasteiger partial charge >= 0.3 is 0 Å². The molecule has 0 amide bonds. The Kier molecular flexibility index (Phi) is 9.38. The predicted molar refractivity (Wildman–Crippen MR) is 112 cm³/mol. The molecule has 14 unspecified atom stereocenters. The van der Waals surface area contributed by atoms with Gasteiger partial charge in [-0.2, -0.15) is 0 Å². The first kappa shape index (κ1) is 27.0. The van der Waals surface area contributed by atoms with Gasteiger partial charge in [-0.15, -0.1) is 0 Å². The summed E-state index contributed by atoms with van der Waals surface area (Å²) in [7, 11) is 0. The second kappa shape index (κ2) is 11.5. The first-order valence-corrected chi connectivity index (χ1v) is 11.3. The smallest absolute Gasteiger partial charge is 0.190 e. The second-order valence-electron chi connectivity index (χ2n) is 9.20. The lowest BCUT2D eigenvalue weighted by molar-refractivity contribution is -0.490. The van der Waals surface area contributed by atoms with Crippen LogP contribution in [0.15, 0.2) is 0 Å². The van der Waals surface area contributed by atoms with Crippen molar-refractivity contribution in [3.05, 3.63) is 0 Å². The van der Waals surface area contributed by atoms with E-state index in [1.807, 2.05) is 0 Å². The molecule has 0 aromatic rings. The minimum absolute atomic E-state index is 0.0631. The van der Waals surface area contributed by atoms with Crippen molar-refractivity contribution in [2.75, 3.05) is 13.2 Å². The van der Waals surface area contributed by atoms with Crippen LogP contribution < -0.4 is 28.7 Å². The second-order valence-corrected chi connectivity index (χ2v) is 9.20. The van der Waals surface area contributed by atoms with Gasteiger partial charge in [-0.25, -0.2) is 0 Å². The van der Waals surface area contributed by atoms with Gasteiger partial charge in [0.05, 0.1) is 24.4 Å². The van der Waals surface area contributed by atoms with Gasteiger partial charge in [-0.1, -0.05) is 0 Å². The molecule has 1 saturated carbocycles. The van der Waals surface area contributed by atoms with Crippen LogP contribution in [0.1, 0.15) is 19.3 Å². The van der Waals surface area contributed by atoms with E-state index in [2.05, 4.69) is 5.73 Å². The first-order chi connectivity index (χ1) is 15.6. The quantitative estimate of drug-likeness (QED) is 0.162.